The minimum Gasteiger partial charge on any atom is -0.493 e. The normalized spacial score (nSPS) is 12.8. The molecule has 0 unspecified atom stereocenters. The number of rotatable bonds is 6. The lowest BCUT2D eigenvalue weighted by atomic mass is 9.98. The van der Waals surface area contributed by atoms with Crippen molar-refractivity contribution in [3.05, 3.63) is 77.0 Å². The molecule has 1 aliphatic carbocycles. The first-order valence-electron chi connectivity index (χ1n) is 10.8. The number of aryl methyl sites for hydroxylation is 2. The highest BCUT2D eigenvalue weighted by atomic mass is 16.5. The van der Waals surface area contributed by atoms with Gasteiger partial charge in [0.2, 0.25) is 0 Å². The van der Waals surface area contributed by atoms with Crippen molar-refractivity contribution >= 4 is 22.4 Å². The van der Waals surface area contributed by atoms with E-state index in [0.29, 0.717) is 22.9 Å². The zero-order chi connectivity index (χ0) is 22.9. The lowest BCUT2D eigenvalue weighted by Gasteiger charge is -2.09. The summed E-state index contributed by atoms with van der Waals surface area (Å²) in [7, 11) is 3.16. The first-order valence-corrected chi connectivity index (χ1v) is 10.8. The highest BCUT2D eigenvalue weighted by molar-refractivity contribution is 6.03. The number of amides is 1. The van der Waals surface area contributed by atoms with Crippen LogP contribution in [0, 0.1) is 0 Å². The fourth-order valence-electron chi connectivity index (χ4n) is 4.37. The number of H-pyrrole nitrogens is 1. The predicted molar refractivity (Wildman–Crippen MR) is 128 cm³/mol. The number of aromatic amines is 1. The molecule has 5 rings (SSSR count). The first-order chi connectivity index (χ1) is 16.1. The van der Waals surface area contributed by atoms with E-state index in [1.165, 1.54) is 21.9 Å². The molecule has 1 aromatic heterocycles. The van der Waals surface area contributed by atoms with Crippen LogP contribution in [0.1, 0.15) is 34.1 Å². The van der Waals surface area contributed by atoms with Gasteiger partial charge < -0.3 is 9.47 Å². The molecule has 1 heterocycles. The van der Waals surface area contributed by atoms with Gasteiger partial charge in [0.15, 0.2) is 11.5 Å². The summed E-state index contributed by atoms with van der Waals surface area (Å²) in [5.74, 6) is 0.866. The third-order valence-corrected chi connectivity index (χ3v) is 6.10. The molecule has 7 heteroatoms. The Labute approximate surface area is 191 Å². The second-order valence-electron chi connectivity index (χ2n) is 7.99. The highest BCUT2D eigenvalue weighted by Crippen LogP contribution is 2.36. The number of methoxy groups -OCH3 is 2. The summed E-state index contributed by atoms with van der Waals surface area (Å²) in [6.45, 7) is 1.81. The van der Waals surface area contributed by atoms with Crippen LogP contribution in [0.2, 0.25) is 0 Å². The molecule has 3 aromatic carbocycles. The van der Waals surface area contributed by atoms with Gasteiger partial charge in [-0.05, 0) is 65.9 Å². The Morgan fingerprint density at radius 2 is 1.79 bits per heavy atom. The molecule has 1 amide bonds. The lowest BCUT2D eigenvalue weighted by molar-refractivity contribution is 0.0950. The number of aromatic nitrogens is 2. The molecule has 0 spiro atoms. The third kappa shape index (κ3) is 3.71. The topological polar surface area (TPSA) is 88.6 Å². The minimum atomic E-state index is -0.362. The van der Waals surface area contributed by atoms with Crippen LogP contribution in [0.4, 0.5) is 0 Å². The van der Waals surface area contributed by atoms with E-state index in [2.05, 4.69) is 51.1 Å². The van der Waals surface area contributed by atoms with Crippen LogP contribution in [0.5, 0.6) is 11.5 Å². The number of benzene rings is 3. The molecule has 0 fully saturated rings. The summed E-state index contributed by atoms with van der Waals surface area (Å²) in [6, 6.07) is 17.9. The molecule has 4 aromatic rings. The minimum absolute atomic E-state index is 0.345. The second kappa shape index (κ2) is 8.43. The van der Waals surface area contributed by atoms with Gasteiger partial charge in [-0.3, -0.25) is 9.89 Å². The first kappa shape index (κ1) is 20.8. The van der Waals surface area contributed by atoms with E-state index in [4.69, 9.17) is 9.47 Å². The van der Waals surface area contributed by atoms with Crippen molar-refractivity contribution in [2.75, 3.05) is 14.2 Å². The van der Waals surface area contributed by atoms with Gasteiger partial charge in [-0.1, -0.05) is 30.3 Å². The highest BCUT2D eigenvalue weighted by Gasteiger charge is 2.18. The van der Waals surface area contributed by atoms with Crippen molar-refractivity contribution in [2.24, 2.45) is 5.10 Å². The molecule has 2 N–H and O–H groups in total. The van der Waals surface area contributed by atoms with E-state index in [9.17, 15) is 4.79 Å². The molecule has 166 valence electrons. The zero-order valence-electron chi connectivity index (χ0n) is 18.7. The van der Waals surface area contributed by atoms with Gasteiger partial charge in [-0.25, -0.2) is 5.43 Å². The van der Waals surface area contributed by atoms with Crippen molar-refractivity contribution < 1.29 is 14.3 Å². The smallest absolute Gasteiger partial charge is 0.289 e. The van der Waals surface area contributed by atoms with Gasteiger partial charge in [0.05, 0.1) is 25.6 Å². The molecule has 0 radical (unpaired) electrons. The fourth-order valence-corrected chi connectivity index (χ4v) is 4.37. The van der Waals surface area contributed by atoms with Crippen molar-refractivity contribution in [3.8, 4) is 22.8 Å². The number of carbonyl (C=O) groups is 1. The molecule has 33 heavy (non-hydrogen) atoms. The van der Waals surface area contributed by atoms with Crippen molar-refractivity contribution in [1.29, 1.82) is 0 Å². The second-order valence-corrected chi connectivity index (χ2v) is 7.99. The predicted octanol–water partition coefficient (Wildman–Crippen LogP) is 4.50. The molecule has 0 saturated heterocycles. The largest absolute Gasteiger partial charge is 0.493 e. The zero-order valence-corrected chi connectivity index (χ0v) is 18.7. The number of nitrogens with zero attached hydrogens (tertiary/aromatic N) is 2. The van der Waals surface area contributed by atoms with E-state index in [1.807, 2.05) is 19.1 Å². The van der Waals surface area contributed by atoms with Crippen molar-refractivity contribution in [2.45, 2.75) is 19.8 Å². The average molecular weight is 441 g/mol. The quantitative estimate of drug-likeness (QED) is 0.341. The maximum Gasteiger partial charge on any atom is 0.289 e. The van der Waals surface area contributed by atoms with Crippen LogP contribution in [-0.4, -0.2) is 36.0 Å². The van der Waals surface area contributed by atoms with Crippen LogP contribution in [-0.2, 0) is 12.8 Å². The van der Waals surface area contributed by atoms with Crippen LogP contribution in [0.3, 0.4) is 0 Å². The molecule has 1 aliphatic rings. The van der Waals surface area contributed by atoms with Crippen LogP contribution in [0.15, 0.2) is 59.7 Å². The van der Waals surface area contributed by atoms with Crippen molar-refractivity contribution in [1.82, 2.24) is 15.6 Å². The summed E-state index contributed by atoms with van der Waals surface area (Å²) in [6.07, 6.45) is 2.14. The van der Waals surface area contributed by atoms with E-state index in [-0.39, 0.29) is 5.91 Å². The number of hydrazone groups is 1. The monoisotopic (exact) mass is 440 g/mol. The van der Waals surface area contributed by atoms with E-state index < -0.39 is 0 Å². The third-order valence-electron chi connectivity index (χ3n) is 6.10. The van der Waals surface area contributed by atoms with Crippen molar-refractivity contribution in [3.63, 3.8) is 0 Å². The summed E-state index contributed by atoms with van der Waals surface area (Å²) in [4.78, 5) is 12.7. The molecule has 0 bridgehead atoms. The van der Waals surface area contributed by atoms with Gasteiger partial charge >= 0.3 is 0 Å². The van der Waals surface area contributed by atoms with Gasteiger partial charge in [0.1, 0.15) is 5.69 Å². The lowest BCUT2D eigenvalue weighted by Crippen LogP contribution is -2.19. The Hall–Kier alpha value is -4.13. The Morgan fingerprint density at radius 1 is 1.00 bits per heavy atom. The van der Waals surface area contributed by atoms with E-state index in [0.717, 1.165) is 29.7 Å². The Kier molecular flexibility index (Phi) is 5.30. The maximum absolute atomic E-state index is 12.7. The molecule has 0 aliphatic heterocycles. The molecule has 0 saturated carbocycles. The Morgan fingerprint density at radius 3 is 2.58 bits per heavy atom. The van der Waals surface area contributed by atoms with Crippen LogP contribution < -0.4 is 14.9 Å². The number of nitrogens with one attached hydrogen (secondary N) is 2. The van der Waals surface area contributed by atoms with E-state index in [1.54, 1.807) is 26.4 Å². The van der Waals surface area contributed by atoms with E-state index >= 15 is 0 Å². The number of carbonyl (C=O) groups excluding carboxylic acids is 1. The Balaban J connectivity index is 1.37. The Bertz CT molecular complexity index is 1390. The molecule has 0 atom stereocenters. The number of ether oxygens (including phenoxy) is 2. The molecular formula is C26H24N4O3. The maximum atomic E-state index is 12.7. The van der Waals surface area contributed by atoms with Gasteiger partial charge in [-0.2, -0.15) is 10.2 Å². The molecular weight excluding hydrogens is 416 g/mol. The fraction of sp³-hybridized carbons (Fsp3) is 0.192. The van der Waals surface area contributed by atoms with Crippen LogP contribution in [0.25, 0.3) is 22.0 Å². The number of hydrogen-bond acceptors (Lipinski definition) is 5. The summed E-state index contributed by atoms with van der Waals surface area (Å²) >= 11 is 0. The summed E-state index contributed by atoms with van der Waals surface area (Å²) < 4.78 is 10.6. The van der Waals surface area contributed by atoms with Gasteiger partial charge in [0, 0.05) is 11.1 Å². The number of hydrogen-bond donors (Lipinski definition) is 2. The standard InChI is InChI=1S/C26H24N4O3/c1-15(18-10-12-23(32-2)24(13-18)33-3)27-30-26(31)22-14-21(28-29-22)19-11-9-17-8-7-16-5-4-6-20(19)25(16)17/h4-6,9-14H,7-8H2,1-3H3,(H,28,29)(H,30,31). The van der Waals surface area contributed by atoms with Crippen LogP contribution >= 0.6 is 0 Å². The summed E-state index contributed by atoms with van der Waals surface area (Å²) in [5, 5.41) is 14.0. The average Bonchev–Trinajstić information content (AvgIpc) is 3.51. The van der Waals surface area contributed by atoms with Gasteiger partial charge in [-0.15, -0.1) is 0 Å². The molecule has 7 nitrogen and oxygen atoms in total. The summed E-state index contributed by atoms with van der Waals surface area (Å²) in [5.41, 5.74) is 8.88. The SMILES string of the molecule is COc1ccc(C(C)=NNC(=O)c2cc(-c3ccc4c5c(cccc35)CC4)n[nH]2)cc1OC. The van der Waals surface area contributed by atoms with Gasteiger partial charge in [0.25, 0.3) is 5.91 Å².